The van der Waals surface area contributed by atoms with Crippen LogP contribution in [0.4, 0.5) is 14.5 Å². The molecular formula is C38H35F2N9O7S. The molecule has 8 rings (SSSR count). The van der Waals surface area contributed by atoms with E-state index < -0.39 is 57.1 Å². The number of carbonyl (C=O) groups is 2. The molecular weight excluding hydrogens is 765 g/mol. The van der Waals surface area contributed by atoms with Gasteiger partial charge in [-0.05, 0) is 73.7 Å². The molecule has 0 spiro atoms. The summed E-state index contributed by atoms with van der Waals surface area (Å²) in [4.78, 5) is 62.4. The van der Waals surface area contributed by atoms with Crippen LogP contribution in [-0.2, 0) is 31.4 Å². The number of hydrogen-bond acceptors (Lipinski definition) is 12. The van der Waals surface area contributed by atoms with Gasteiger partial charge >= 0.3 is 11.7 Å². The van der Waals surface area contributed by atoms with Crippen LogP contribution in [0.3, 0.4) is 0 Å². The Bertz CT molecular complexity index is 2580. The molecule has 1 saturated heterocycles. The van der Waals surface area contributed by atoms with E-state index in [4.69, 9.17) is 13.1 Å². The average molecular weight is 800 g/mol. The van der Waals surface area contributed by atoms with Gasteiger partial charge in [0.25, 0.3) is 11.5 Å². The molecule has 16 nitrogen and oxygen atoms in total. The lowest BCUT2D eigenvalue weighted by Gasteiger charge is -2.50. The largest absolute Gasteiger partial charge is 0.461 e. The average Bonchev–Trinajstić information content (AvgIpc) is 3.76. The third-order valence-electron chi connectivity index (χ3n) is 9.81. The number of esters is 1. The molecule has 2 fully saturated rings. The Kier molecular flexibility index (Phi) is 10.3. The third-order valence-corrected chi connectivity index (χ3v) is 12.1. The number of aromatic nitrogens is 7. The number of nitrogens with zero attached hydrogens (tertiary/aromatic N) is 7. The number of nitrogens with one attached hydrogen (secondary N) is 2. The monoisotopic (exact) mass is 799 g/mol. The van der Waals surface area contributed by atoms with Gasteiger partial charge in [-0.3, -0.25) is 28.4 Å². The fourth-order valence-electron chi connectivity index (χ4n) is 6.73. The van der Waals surface area contributed by atoms with E-state index in [-0.39, 0.29) is 36.2 Å². The Morgan fingerprint density at radius 2 is 1.72 bits per heavy atom. The first-order valence-corrected chi connectivity index (χ1v) is 19.4. The van der Waals surface area contributed by atoms with Crippen molar-refractivity contribution in [3.8, 4) is 11.5 Å². The maximum absolute atomic E-state index is 15.7. The Morgan fingerprint density at radius 3 is 2.40 bits per heavy atom. The van der Waals surface area contributed by atoms with Crippen molar-refractivity contribution in [3.05, 3.63) is 129 Å². The second-order valence-corrected chi connectivity index (χ2v) is 15.6. The first-order valence-electron chi connectivity index (χ1n) is 18.0. The Labute approximate surface area is 324 Å². The van der Waals surface area contributed by atoms with Crippen LogP contribution in [0.15, 0.2) is 100 Å². The van der Waals surface area contributed by atoms with Gasteiger partial charge in [0.1, 0.15) is 42.3 Å². The number of anilines is 1. The standard InChI is InChI=1S/C38H35F2N9O7S/c1-47-33-19-41-14-13-27(33)36(51)49(38(47)53)34-12-7-23(18-42-34)15-32(37(52)56-25-5-3-2-4-6-25)45-35(50)28-16-30(40)31(17-29(28)39)46-57(54-22-55-57)26-10-8-24(9-11-26)48-20-43-44-21-48/h7-14,16-21,25,32,46H,2-6,15,22H2,1H3,(H,45,50)/t32-/m0/s1. The molecule has 1 amide bonds. The van der Waals surface area contributed by atoms with E-state index in [0.717, 1.165) is 41.6 Å². The van der Waals surface area contributed by atoms with Crippen molar-refractivity contribution < 1.29 is 31.5 Å². The highest BCUT2D eigenvalue weighted by atomic mass is 32.3. The molecule has 2 aromatic carbocycles. The van der Waals surface area contributed by atoms with Crippen LogP contribution in [0, 0.1) is 11.6 Å². The number of carbonyl (C=O) groups excluding carboxylic acids is 2. The number of benzene rings is 2. The van der Waals surface area contributed by atoms with Crippen LogP contribution in [0.1, 0.15) is 48.0 Å². The second-order valence-electron chi connectivity index (χ2n) is 13.5. The molecule has 19 heteroatoms. The van der Waals surface area contributed by atoms with Gasteiger partial charge in [0.2, 0.25) is 0 Å². The number of rotatable bonds is 11. The highest BCUT2D eigenvalue weighted by Crippen LogP contribution is 2.63. The summed E-state index contributed by atoms with van der Waals surface area (Å²) in [6.45, 7) is -0.0744. The number of pyridine rings is 2. The maximum Gasteiger partial charge on any atom is 0.337 e. The minimum absolute atomic E-state index is 0.0324. The third kappa shape index (κ3) is 7.51. The molecule has 2 N–H and O–H groups in total. The molecule has 6 aromatic rings. The van der Waals surface area contributed by atoms with Crippen molar-refractivity contribution in [2.45, 2.75) is 55.6 Å². The Hall–Kier alpha value is -6.31. The quantitative estimate of drug-likeness (QED) is 0.174. The number of halogens is 2. The minimum atomic E-state index is -2.71. The predicted molar refractivity (Wildman–Crippen MR) is 203 cm³/mol. The van der Waals surface area contributed by atoms with Crippen LogP contribution in [0.2, 0.25) is 0 Å². The van der Waals surface area contributed by atoms with Crippen LogP contribution in [-0.4, -0.2) is 64.7 Å². The summed E-state index contributed by atoms with van der Waals surface area (Å²) < 4.78 is 55.3. The lowest BCUT2D eigenvalue weighted by atomic mass is 9.97. The Morgan fingerprint density at radius 1 is 0.965 bits per heavy atom. The van der Waals surface area contributed by atoms with Gasteiger partial charge in [0.05, 0.1) is 33.2 Å². The number of ether oxygens (including phenoxy) is 1. The zero-order valence-electron chi connectivity index (χ0n) is 30.3. The summed E-state index contributed by atoms with van der Waals surface area (Å²) in [5, 5.41) is 10.4. The molecule has 2 aliphatic rings. The summed E-state index contributed by atoms with van der Waals surface area (Å²) in [6, 6.07) is 11.7. The molecule has 4 aromatic heterocycles. The lowest BCUT2D eigenvalue weighted by Crippen LogP contribution is -2.45. The summed E-state index contributed by atoms with van der Waals surface area (Å²) in [7, 11) is -1.20. The van der Waals surface area contributed by atoms with Crippen molar-refractivity contribution in [2.75, 3.05) is 11.5 Å². The first-order chi connectivity index (χ1) is 27.6. The smallest absolute Gasteiger partial charge is 0.337 e. The summed E-state index contributed by atoms with van der Waals surface area (Å²) in [5.41, 5.74) is -0.651. The van der Waals surface area contributed by atoms with E-state index in [1.807, 2.05) is 0 Å². The van der Waals surface area contributed by atoms with Gasteiger partial charge in [-0.15, -0.1) is 10.2 Å². The highest BCUT2D eigenvalue weighted by molar-refractivity contribution is 8.27. The number of fused-ring (bicyclic) bond motifs is 1. The van der Waals surface area contributed by atoms with Crippen LogP contribution in [0.5, 0.6) is 0 Å². The lowest BCUT2D eigenvalue weighted by molar-refractivity contribution is -0.152. The van der Waals surface area contributed by atoms with Gasteiger partial charge in [0, 0.05) is 37.6 Å². The highest BCUT2D eigenvalue weighted by Gasteiger charge is 2.35. The van der Waals surface area contributed by atoms with Gasteiger partial charge in [-0.25, -0.2) is 36.3 Å². The summed E-state index contributed by atoms with van der Waals surface area (Å²) in [5.74, 6) is -3.83. The van der Waals surface area contributed by atoms with E-state index in [0.29, 0.717) is 28.8 Å². The van der Waals surface area contributed by atoms with E-state index in [1.165, 1.54) is 55.0 Å². The maximum atomic E-state index is 15.7. The van der Waals surface area contributed by atoms with Gasteiger partial charge < -0.3 is 10.1 Å². The number of hydrogen-bond donors (Lipinski definition) is 2. The summed E-state index contributed by atoms with van der Waals surface area (Å²) in [6.07, 6.45) is 10.9. The summed E-state index contributed by atoms with van der Waals surface area (Å²) >= 11 is 0. The van der Waals surface area contributed by atoms with E-state index in [1.54, 1.807) is 34.9 Å². The van der Waals surface area contributed by atoms with Crippen molar-refractivity contribution in [1.82, 2.24) is 39.2 Å². The molecule has 1 saturated carbocycles. The molecule has 57 heavy (non-hydrogen) atoms. The zero-order chi connectivity index (χ0) is 39.7. The number of aryl methyl sites for hydroxylation is 1. The molecule has 1 atom stereocenters. The van der Waals surface area contributed by atoms with E-state index >= 15 is 8.78 Å². The topological polar surface area (TPSA) is 186 Å². The van der Waals surface area contributed by atoms with Crippen LogP contribution < -0.4 is 21.3 Å². The van der Waals surface area contributed by atoms with Gasteiger partial charge in [-0.1, -0.05) is 23.3 Å². The van der Waals surface area contributed by atoms with Gasteiger partial charge in [-0.2, -0.15) is 0 Å². The van der Waals surface area contributed by atoms with E-state index in [2.05, 4.69) is 30.2 Å². The van der Waals surface area contributed by atoms with E-state index in [9.17, 15) is 19.2 Å². The van der Waals surface area contributed by atoms with Crippen LogP contribution >= 0.6 is 10.8 Å². The fourth-order valence-corrected chi connectivity index (χ4v) is 8.47. The van der Waals surface area contributed by atoms with Crippen molar-refractivity contribution in [2.24, 2.45) is 7.05 Å². The first kappa shape index (κ1) is 37.6. The van der Waals surface area contributed by atoms with Crippen molar-refractivity contribution in [1.29, 1.82) is 0 Å². The molecule has 1 aliphatic carbocycles. The fraction of sp³-hybridized carbons (Fsp3) is 0.263. The SMILES string of the molecule is Cn1c(=O)n(-c2ccc(C[C@H](NC(=O)c3cc(F)c(NS4(c5ccc(-n6cnnc6)cc5)OCO4)cc3F)C(=O)OC3CCCCC3)cn2)c(=O)c2ccncc21. The minimum Gasteiger partial charge on any atom is -0.461 e. The Balaban J connectivity index is 1.02. The van der Waals surface area contributed by atoms with Crippen LogP contribution in [0.25, 0.3) is 22.4 Å². The molecule has 1 aliphatic heterocycles. The molecule has 294 valence electrons. The molecule has 0 unspecified atom stereocenters. The molecule has 0 bridgehead atoms. The second kappa shape index (κ2) is 15.7. The predicted octanol–water partition coefficient (Wildman–Crippen LogP) is 4.58. The molecule has 5 heterocycles. The zero-order valence-corrected chi connectivity index (χ0v) is 31.2. The van der Waals surface area contributed by atoms with Crippen molar-refractivity contribution in [3.63, 3.8) is 0 Å². The molecule has 0 radical (unpaired) electrons. The van der Waals surface area contributed by atoms with Crippen molar-refractivity contribution >= 4 is 39.2 Å². The normalized spacial score (nSPS) is 16.3. The number of amides is 1. The van der Waals surface area contributed by atoms with Gasteiger partial charge in [0.15, 0.2) is 6.79 Å².